The fraction of sp³-hybridized carbons (Fsp3) is 0.583. The van der Waals surface area contributed by atoms with E-state index in [1.807, 2.05) is 0 Å². The number of hydrogen-bond donors (Lipinski definition) is 3. The van der Waals surface area contributed by atoms with Crippen molar-refractivity contribution in [2.45, 2.75) is 36.1 Å². The maximum atomic E-state index is 12.0. The molecular weight excluding hydrogens is 298 g/mol. The van der Waals surface area contributed by atoms with Gasteiger partial charge in [-0.3, -0.25) is 4.79 Å². The average Bonchev–Trinajstić information content (AvgIpc) is 2.94. The SMILES string of the molecule is CC(NS(=O)(=O)c1cccs1)C(=O)NC1CCNCC1. The van der Waals surface area contributed by atoms with Crippen LogP contribution in [0.15, 0.2) is 21.7 Å². The number of hydrogen-bond acceptors (Lipinski definition) is 5. The fourth-order valence-corrected chi connectivity index (χ4v) is 4.27. The smallest absolute Gasteiger partial charge is 0.250 e. The van der Waals surface area contributed by atoms with E-state index in [1.54, 1.807) is 18.4 Å². The molecule has 1 aliphatic rings. The Labute approximate surface area is 123 Å². The number of rotatable bonds is 5. The summed E-state index contributed by atoms with van der Waals surface area (Å²) in [6.45, 7) is 3.31. The molecule has 2 rings (SSSR count). The lowest BCUT2D eigenvalue weighted by atomic mass is 10.1. The molecule has 0 saturated carbocycles. The highest BCUT2D eigenvalue weighted by molar-refractivity contribution is 7.91. The summed E-state index contributed by atoms with van der Waals surface area (Å²) in [5, 5.41) is 7.79. The second kappa shape index (κ2) is 6.66. The lowest BCUT2D eigenvalue weighted by Crippen LogP contribution is -2.50. The van der Waals surface area contributed by atoms with Crippen LogP contribution < -0.4 is 15.4 Å². The summed E-state index contributed by atoms with van der Waals surface area (Å²) in [4.78, 5) is 12.0. The van der Waals surface area contributed by atoms with Crippen LogP contribution in [0.2, 0.25) is 0 Å². The second-order valence-corrected chi connectivity index (χ2v) is 7.70. The zero-order chi connectivity index (χ0) is 14.6. The Morgan fingerprint density at radius 3 is 2.75 bits per heavy atom. The van der Waals surface area contributed by atoms with Crippen LogP contribution in [-0.4, -0.2) is 39.5 Å². The first-order chi connectivity index (χ1) is 9.49. The number of carbonyl (C=O) groups is 1. The quantitative estimate of drug-likeness (QED) is 0.728. The number of nitrogens with one attached hydrogen (secondary N) is 3. The molecule has 20 heavy (non-hydrogen) atoms. The molecule has 1 aromatic heterocycles. The van der Waals surface area contributed by atoms with Gasteiger partial charge in [0.1, 0.15) is 4.21 Å². The lowest BCUT2D eigenvalue weighted by Gasteiger charge is -2.25. The van der Waals surface area contributed by atoms with Crippen LogP contribution in [0.5, 0.6) is 0 Å². The molecule has 0 aromatic carbocycles. The topological polar surface area (TPSA) is 87.3 Å². The van der Waals surface area contributed by atoms with Crippen LogP contribution in [-0.2, 0) is 14.8 Å². The normalized spacial score (nSPS) is 18.6. The number of carbonyl (C=O) groups excluding carboxylic acids is 1. The fourth-order valence-electron chi connectivity index (χ4n) is 2.05. The van der Waals surface area contributed by atoms with Crippen molar-refractivity contribution in [1.82, 2.24) is 15.4 Å². The molecule has 0 bridgehead atoms. The third-order valence-electron chi connectivity index (χ3n) is 3.17. The largest absolute Gasteiger partial charge is 0.352 e. The highest BCUT2D eigenvalue weighted by atomic mass is 32.2. The Morgan fingerprint density at radius 2 is 2.15 bits per heavy atom. The van der Waals surface area contributed by atoms with Gasteiger partial charge in [0.15, 0.2) is 0 Å². The van der Waals surface area contributed by atoms with Crippen molar-refractivity contribution in [3.63, 3.8) is 0 Å². The number of amides is 1. The first-order valence-corrected chi connectivity index (χ1v) is 8.92. The van der Waals surface area contributed by atoms with E-state index in [0.29, 0.717) is 0 Å². The van der Waals surface area contributed by atoms with Gasteiger partial charge in [0, 0.05) is 6.04 Å². The molecule has 1 aromatic rings. The summed E-state index contributed by atoms with van der Waals surface area (Å²) >= 11 is 1.13. The van der Waals surface area contributed by atoms with Crippen LogP contribution >= 0.6 is 11.3 Å². The van der Waals surface area contributed by atoms with Crippen LogP contribution in [0.4, 0.5) is 0 Å². The summed E-state index contributed by atoms with van der Waals surface area (Å²) in [7, 11) is -3.61. The van der Waals surface area contributed by atoms with Crippen LogP contribution in [0.1, 0.15) is 19.8 Å². The highest BCUT2D eigenvalue weighted by Crippen LogP contribution is 2.15. The van der Waals surface area contributed by atoms with E-state index in [1.165, 1.54) is 6.07 Å². The van der Waals surface area contributed by atoms with E-state index < -0.39 is 16.1 Å². The van der Waals surface area contributed by atoms with E-state index in [-0.39, 0.29) is 16.2 Å². The molecule has 8 heteroatoms. The van der Waals surface area contributed by atoms with Gasteiger partial charge in [0.05, 0.1) is 6.04 Å². The Morgan fingerprint density at radius 1 is 1.45 bits per heavy atom. The minimum atomic E-state index is -3.61. The minimum absolute atomic E-state index is 0.123. The highest BCUT2D eigenvalue weighted by Gasteiger charge is 2.24. The summed E-state index contributed by atoms with van der Waals surface area (Å²) in [5.74, 6) is -0.281. The zero-order valence-electron chi connectivity index (χ0n) is 11.3. The molecule has 1 saturated heterocycles. The first-order valence-electron chi connectivity index (χ1n) is 6.56. The molecular formula is C12H19N3O3S2. The van der Waals surface area contributed by atoms with Gasteiger partial charge in [-0.2, -0.15) is 4.72 Å². The second-order valence-electron chi connectivity index (χ2n) is 4.81. The lowest BCUT2D eigenvalue weighted by molar-refractivity contribution is -0.123. The van der Waals surface area contributed by atoms with Crippen LogP contribution in [0, 0.1) is 0 Å². The van der Waals surface area contributed by atoms with Crippen molar-refractivity contribution in [3.8, 4) is 0 Å². The molecule has 1 fully saturated rings. The Bertz CT molecular complexity index is 536. The van der Waals surface area contributed by atoms with Crippen molar-refractivity contribution in [1.29, 1.82) is 0 Å². The molecule has 6 nitrogen and oxygen atoms in total. The third-order valence-corrected chi connectivity index (χ3v) is 6.11. The van der Waals surface area contributed by atoms with Gasteiger partial charge in [-0.05, 0) is 44.3 Å². The molecule has 1 atom stereocenters. The van der Waals surface area contributed by atoms with E-state index in [0.717, 1.165) is 37.3 Å². The third kappa shape index (κ3) is 4.02. The summed E-state index contributed by atoms with van der Waals surface area (Å²) in [6, 6.07) is 2.53. The average molecular weight is 317 g/mol. The summed E-state index contributed by atoms with van der Waals surface area (Å²) in [6.07, 6.45) is 1.74. The Balaban J connectivity index is 1.90. The molecule has 3 N–H and O–H groups in total. The van der Waals surface area contributed by atoms with Crippen molar-refractivity contribution >= 4 is 27.3 Å². The molecule has 1 aliphatic heterocycles. The Hall–Kier alpha value is -0.960. The number of piperidine rings is 1. The molecule has 0 radical (unpaired) electrons. The zero-order valence-corrected chi connectivity index (χ0v) is 12.9. The Kier molecular flexibility index (Phi) is 5.14. The molecule has 1 amide bonds. The standard InChI is InChI=1S/C12H19N3O3S2/c1-9(12(16)14-10-4-6-13-7-5-10)15-20(17,18)11-3-2-8-19-11/h2-3,8-10,13,15H,4-7H2,1H3,(H,14,16). The van der Waals surface area contributed by atoms with Gasteiger partial charge in [-0.15, -0.1) is 11.3 Å². The monoisotopic (exact) mass is 317 g/mol. The van der Waals surface area contributed by atoms with Gasteiger partial charge in [-0.25, -0.2) is 8.42 Å². The number of sulfonamides is 1. The molecule has 0 spiro atoms. The van der Waals surface area contributed by atoms with E-state index in [4.69, 9.17) is 0 Å². The molecule has 1 unspecified atom stereocenters. The molecule has 0 aliphatic carbocycles. The van der Waals surface area contributed by atoms with E-state index >= 15 is 0 Å². The van der Waals surface area contributed by atoms with Crippen LogP contribution in [0.3, 0.4) is 0 Å². The van der Waals surface area contributed by atoms with E-state index in [2.05, 4.69) is 15.4 Å². The summed E-state index contributed by atoms with van der Waals surface area (Å²) < 4.78 is 26.6. The molecule has 112 valence electrons. The summed E-state index contributed by atoms with van der Waals surface area (Å²) in [5.41, 5.74) is 0. The maximum Gasteiger partial charge on any atom is 0.250 e. The van der Waals surface area contributed by atoms with Gasteiger partial charge in [-0.1, -0.05) is 6.07 Å². The van der Waals surface area contributed by atoms with Gasteiger partial charge in [0.25, 0.3) is 10.0 Å². The van der Waals surface area contributed by atoms with Gasteiger partial charge in [0.2, 0.25) is 5.91 Å². The molecule has 2 heterocycles. The van der Waals surface area contributed by atoms with Crippen molar-refractivity contribution in [3.05, 3.63) is 17.5 Å². The van der Waals surface area contributed by atoms with Crippen molar-refractivity contribution < 1.29 is 13.2 Å². The van der Waals surface area contributed by atoms with Crippen molar-refractivity contribution in [2.75, 3.05) is 13.1 Å². The predicted molar refractivity (Wildman–Crippen MR) is 78.1 cm³/mol. The van der Waals surface area contributed by atoms with Crippen molar-refractivity contribution in [2.24, 2.45) is 0 Å². The maximum absolute atomic E-state index is 12.0. The predicted octanol–water partition coefficient (Wildman–Crippen LogP) is 0.283. The van der Waals surface area contributed by atoms with Gasteiger partial charge >= 0.3 is 0 Å². The minimum Gasteiger partial charge on any atom is -0.352 e. The van der Waals surface area contributed by atoms with E-state index in [9.17, 15) is 13.2 Å². The number of thiophene rings is 1. The van der Waals surface area contributed by atoms with Crippen LogP contribution in [0.25, 0.3) is 0 Å². The first kappa shape index (κ1) is 15.4. The van der Waals surface area contributed by atoms with Gasteiger partial charge < -0.3 is 10.6 Å².